The van der Waals surface area contributed by atoms with Gasteiger partial charge in [-0.2, -0.15) is 0 Å². The van der Waals surface area contributed by atoms with Gasteiger partial charge in [-0.05, 0) is 138 Å². The van der Waals surface area contributed by atoms with Gasteiger partial charge in [0.2, 0.25) is 67.4 Å². The van der Waals surface area contributed by atoms with Crippen LogP contribution < -0.4 is 51.6 Å². The number of likely N-dealkylation sites (tertiary alicyclic amines) is 2. The van der Waals surface area contributed by atoms with Gasteiger partial charge < -0.3 is 57.0 Å². The van der Waals surface area contributed by atoms with Crippen LogP contribution in [0.15, 0.2) is 98.4 Å². The lowest BCUT2D eigenvalue weighted by Gasteiger charge is -2.35. The molecule has 4 aliphatic heterocycles. The van der Waals surface area contributed by atoms with Gasteiger partial charge in [-0.1, -0.05) is 114 Å². The SMILES string of the molecule is C=CC1CC1(NC(=O)[C@@H]1C[C@@H](N)CN1C(=O)[C@@H](NC(=O)CC1CC1)C(C)(C)C)C(=O)NS(=O)(=O)C1CC1.C=CC1CC1(NC(=O)[C@@H]1C[C@@H](NC(=O)c2cnc(N3CCCCC3)nc2-c2ccccc2)CN1C(=O)[C@@H](NC(=O)CC1CC1)C(C)(C)C)C(=O)NS(=O)(=O)C1CC1.O=C(O)c1cnc(N2CCCCC2)nc1-c1ccccc1. The highest BCUT2D eigenvalue weighted by Crippen LogP contribution is 2.47. The highest BCUT2D eigenvalue weighted by Gasteiger charge is 2.64. The molecule has 4 saturated heterocycles. The van der Waals surface area contributed by atoms with Crippen LogP contribution in [0.3, 0.4) is 0 Å². The summed E-state index contributed by atoms with van der Waals surface area (Å²) in [6.07, 6.45) is 19.6. The molecule has 2 aromatic heterocycles. The van der Waals surface area contributed by atoms with Crippen molar-refractivity contribution in [1.29, 1.82) is 0 Å². The minimum absolute atomic E-state index is 0.0135. The number of anilines is 2. The first-order chi connectivity index (χ1) is 54.5. The molecule has 620 valence electrons. The third-order valence-electron chi connectivity index (χ3n) is 23.2. The molecule has 10 fully saturated rings. The number of sulfonamides is 2. The van der Waals surface area contributed by atoms with Crippen LogP contribution >= 0.6 is 0 Å². The summed E-state index contributed by atoms with van der Waals surface area (Å²) in [5, 5.41) is 22.4. The number of carboxylic acids is 1. The van der Waals surface area contributed by atoms with Crippen LogP contribution in [0.5, 0.6) is 0 Å². The summed E-state index contributed by atoms with van der Waals surface area (Å²) in [6, 6.07) is 13.6. The molecule has 31 nitrogen and oxygen atoms in total. The highest BCUT2D eigenvalue weighted by molar-refractivity contribution is 7.91. The van der Waals surface area contributed by atoms with E-state index in [0.717, 1.165) is 95.1 Å². The predicted octanol–water partition coefficient (Wildman–Crippen LogP) is 5.58. The topological polar surface area (TPSA) is 434 Å². The first-order valence-electron chi connectivity index (χ1n) is 40.4. The van der Waals surface area contributed by atoms with E-state index in [-0.39, 0.29) is 67.6 Å². The number of hydrogen-bond acceptors (Lipinski definition) is 21. The zero-order valence-electron chi connectivity index (χ0n) is 66.4. The highest BCUT2D eigenvalue weighted by atomic mass is 32.2. The van der Waals surface area contributed by atoms with Crippen molar-refractivity contribution >= 4 is 91.1 Å². The Morgan fingerprint density at radius 3 is 1.32 bits per heavy atom. The molecule has 10 N–H and O–H groups in total. The number of carbonyl (C=O) groups excluding carboxylic acids is 9. The molecule has 0 radical (unpaired) electrons. The summed E-state index contributed by atoms with van der Waals surface area (Å²) < 4.78 is 54.5. The van der Waals surface area contributed by atoms with E-state index >= 15 is 0 Å². The van der Waals surface area contributed by atoms with Gasteiger partial charge in [0, 0.05) is 99.6 Å². The van der Waals surface area contributed by atoms with Gasteiger partial charge in [0.05, 0.1) is 27.5 Å². The van der Waals surface area contributed by atoms with E-state index in [2.05, 4.69) is 73.9 Å². The number of nitrogens with two attached hydrogens (primary N) is 1. The number of piperidine rings is 2. The summed E-state index contributed by atoms with van der Waals surface area (Å²) in [6.45, 7) is 22.1. The molecule has 10 atom stereocenters. The van der Waals surface area contributed by atoms with E-state index in [0.29, 0.717) is 67.7 Å². The lowest BCUT2D eigenvalue weighted by atomic mass is 9.85. The molecular weight excluding hydrogens is 1510 g/mol. The molecule has 9 amide bonds. The van der Waals surface area contributed by atoms with Gasteiger partial charge in [-0.15, -0.1) is 13.2 Å². The fourth-order valence-corrected chi connectivity index (χ4v) is 18.3. The van der Waals surface area contributed by atoms with E-state index in [1.165, 1.54) is 40.8 Å². The Kier molecular flexibility index (Phi) is 25.5. The molecule has 6 aliphatic carbocycles. The smallest absolute Gasteiger partial charge is 0.339 e. The quantitative estimate of drug-likeness (QED) is 0.0329. The van der Waals surface area contributed by atoms with Gasteiger partial charge in [0.1, 0.15) is 40.8 Å². The molecule has 14 rings (SSSR count). The molecule has 115 heavy (non-hydrogen) atoms. The summed E-state index contributed by atoms with van der Waals surface area (Å²) in [4.78, 5) is 159. The Morgan fingerprint density at radius 1 is 0.557 bits per heavy atom. The van der Waals surface area contributed by atoms with Crippen LogP contribution in [0, 0.1) is 34.5 Å². The average Bonchev–Trinajstić information content (AvgIpc) is 1.58. The maximum absolute atomic E-state index is 14.6. The minimum Gasteiger partial charge on any atom is -0.478 e. The van der Waals surface area contributed by atoms with E-state index in [9.17, 15) is 69.9 Å². The minimum atomic E-state index is -3.92. The second-order valence-corrected chi connectivity index (χ2v) is 38.7. The van der Waals surface area contributed by atoms with E-state index in [1.54, 1.807) is 0 Å². The maximum atomic E-state index is 14.6. The Bertz CT molecular complexity index is 4610. The second-order valence-electron chi connectivity index (χ2n) is 34.8. The Labute approximate surface area is 672 Å². The third kappa shape index (κ3) is 20.6. The molecule has 0 bridgehead atoms. The number of amides is 9. The molecular formula is C82H110N16O15S2. The van der Waals surface area contributed by atoms with Crippen LogP contribution in [0.25, 0.3) is 22.5 Å². The zero-order valence-corrected chi connectivity index (χ0v) is 68.1. The predicted molar refractivity (Wildman–Crippen MR) is 429 cm³/mol. The lowest BCUT2D eigenvalue weighted by molar-refractivity contribution is -0.144. The van der Waals surface area contributed by atoms with Gasteiger partial charge in [-0.25, -0.2) is 41.6 Å². The Hall–Kier alpha value is -9.76. The van der Waals surface area contributed by atoms with Crippen LogP contribution in [-0.2, 0) is 58.4 Å². The molecule has 6 saturated carbocycles. The van der Waals surface area contributed by atoms with Crippen molar-refractivity contribution in [2.24, 2.45) is 40.2 Å². The van der Waals surface area contributed by atoms with Crippen molar-refractivity contribution in [2.75, 3.05) is 49.1 Å². The van der Waals surface area contributed by atoms with Crippen molar-refractivity contribution in [3.63, 3.8) is 0 Å². The Morgan fingerprint density at radius 2 is 0.948 bits per heavy atom. The van der Waals surface area contributed by atoms with Gasteiger partial charge in [0.15, 0.2) is 0 Å². The number of carbonyl (C=O) groups is 10. The summed E-state index contributed by atoms with van der Waals surface area (Å²) >= 11 is 0. The number of aromatic nitrogens is 4. The maximum Gasteiger partial charge on any atom is 0.339 e. The third-order valence-corrected chi connectivity index (χ3v) is 26.9. The van der Waals surface area contributed by atoms with E-state index < -0.39 is 148 Å². The molecule has 33 heteroatoms. The number of nitrogens with zero attached hydrogens (tertiary/aromatic N) is 8. The number of aromatic carboxylic acids is 1. The summed E-state index contributed by atoms with van der Waals surface area (Å²) in [5.41, 5.74) is 4.61. The number of rotatable bonds is 27. The van der Waals surface area contributed by atoms with Crippen molar-refractivity contribution in [3.8, 4) is 22.5 Å². The lowest BCUT2D eigenvalue weighted by Crippen LogP contribution is -2.60. The zero-order chi connectivity index (χ0) is 82.7. The molecule has 4 unspecified atom stereocenters. The number of benzene rings is 2. The first kappa shape index (κ1) is 84.6. The summed E-state index contributed by atoms with van der Waals surface area (Å²) in [5.74, 6) is -4.93. The van der Waals surface area contributed by atoms with Crippen LogP contribution in [-0.4, -0.2) is 208 Å². The standard InChI is InChI=1S/C41H54N8O7S.C25H39N5O6S.C16H17N3O2/c1-5-27-22-41(27,38(54)47-57(55,56)29-16-17-29)46-36(52)31-21-28(24-49(31)37(53)34(40(2,3)4)44-32(50)20-25-14-15-25)43-35(51)30-23-42-39(48-18-10-7-11-19-48)45-33(30)26-12-8-6-9-13-26;1-5-15-12-25(15,23(34)29-37(35,36)17-8-9-17)28-21(32)18-11-16(26)13-30(18)22(33)20(24(2,3)4)27-19(31)10-14-6-7-14;20-15(21)13-11-17-16(19-9-5-2-6-10-19)18-14(13)12-7-3-1-4-8-12/h5-6,8-9,12-13,23,25,27-29,31,34H,1,7,10-11,14-22,24H2,2-4H3,(H,43,51)(H,44,50)(H,46,52)(H,47,54);5,14-18,20H,1,6-13,26H2,2-4H3,(H,27,31)(H,28,32)(H,29,34);1,3-4,7-8,11H,2,5-6,9-10H2,(H,20,21)/t27?,28-,31+,34-,41?;15?,16-,18+,20-,25?;/m11./s1. The molecule has 2 aromatic carbocycles. The van der Waals surface area contributed by atoms with Crippen molar-refractivity contribution in [2.45, 2.75) is 228 Å². The van der Waals surface area contributed by atoms with Crippen LogP contribution in [0.4, 0.5) is 11.9 Å². The van der Waals surface area contributed by atoms with Crippen molar-refractivity contribution in [1.82, 2.24) is 65.8 Å². The van der Waals surface area contributed by atoms with E-state index in [4.69, 9.17) is 10.7 Å². The number of carboxylic acid groups (broad SMARTS) is 1. The molecule has 0 spiro atoms. The fourth-order valence-electron chi connectivity index (χ4n) is 15.5. The average molecular weight is 1620 g/mol. The second kappa shape index (κ2) is 34.6. The van der Waals surface area contributed by atoms with Gasteiger partial charge in [-0.3, -0.25) is 52.6 Å². The largest absolute Gasteiger partial charge is 0.478 e. The molecule has 4 aromatic rings. The first-order valence-corrected chi connectivity index (χ1v) is 43.5. The van der Waals surface area contributed by atoms with Crippen molar-refractivity contribution < 1.29 is 69.9 Å². The number of nitrogens with one attached hydrogen (secondary N) is 7. The normalized spacial score (nSPS) is 25.0. The molecule has 10 aliphatic rings. The van der Waals surface area contributed by atoms with Gasteiger partial charge >= 0.3 is 5.97 Å². The van der Waals surface area contributed by atoms with Crippen LogP contribution in [0.2, 0.25) is 0 Å². The van der Waals surface area contributed by atoms with E-state index in [1.807, 2.05) is 102 Å². The molecule has 6 heterocycles. The monoisotopic (exact) mass is 1620 g/mol. The number of hydrogen-bond donors (Lipinski definition) is 9. The van der Waals surface area contributed by atoms with Gasteiger partial charge in [0.25, 0.3) is 17.7 Å². The summed E-state index contributed by atoms with van der Waals surface area (Å²) in [7, 11) is -7.72. The fraction of sp³-hybridized carbons (Fsp3) is 0.585. The van der Waals surface area contributed by atoms with Crippen LogP contribution in [0.1, 0.15) is 191 Å². The van der Waals surface area contributed by atoms with Crippen molar-refractivity contribution in [3.05, 3.63) is 109 Å². The Balaban J connectivity index is 0.000000179.